The summed E-state index contributed by atoms with van der Waals surface area (Å²) in [6.45, 7) is 4.80. The standard InChI is InChI=1S/C27H23BrN2O5/c1-17-13-18(2)15-23(14-17)35-12-11-34-22-9-3-19(4-10-22)16-24-25(31)29-27(33)30(26(24)32)21-7-5-20(28)6-8-21/h3-10,13-16H,11-12H2,1-2H3,(H,29,31,33). The van der Waals surface area contributed by atoms with Crippen molar-refractivity contribution in [3.63, 3.8) is 0 Å². The third kappa shape index (κ3) is 5.96. The van der Waals surface area contributed by atoms with Gasteiger partial charge in [-0.2, -0.15) is 0 Å². The number of urea groups is 1. The lowest BCUT2D eigenvalue weighted by molar-refractivity contribution is -0.122. The van der Waals surface area contributed by atoms with Gasteiger partial charge in [0.05, 0.1) is 5.69 Å². The molecule has 35 heavy (non-hydrogen) atoms. The summed E-state index contributed by atoms with van der Waals surface area (Å²) >= 11 is 3.32. The molecule has 8 heteroatoms. The molecule has 1 aliphatic rings. The van der Waals surface area contributed by atoms with E-state index < -0.39 is 17.8 Å². The van der Waals surface area contributed by atoms with E-state index in [1.807, 2.05) is 26.0 Å². The number of amides is 4. The van der Waals surface area contributed by atoms with Gasteiger partial charge in [0.25, 0.3) is 11.8 Å². The second-order valence-electron chi connectivity index (χ2n) is 8.02. The van der Waals surface area contributed by atoms with E-state index in [2.05, 4.69) is 27.3 Å². The minimum atomic E-state index is -0.786. The minimum Gasteiger partial charge on any atom is -0.490 e. The molecule has 0 unspecified atom stereocenters. The lowest BCUT2D eigenvalue weighted by Crippen LogP contribution is -2.54. The second kappa shape index (κ2) is 10.6. The zero-order chi connectivity index (χ0) is 24.9. The van der Waals surface area contributed by atoms with Crippen molar-refractivity contribution in [1.29, 1.82) is 0 Å². The number of benzene rings is 3. The van der Waals surface area contributed by atoms with Crippen molar-refractivity contribution < 1.29 is 23.9 Å². The molecule has 4 amide bonds. The molecule has 0 bridgehead atoms. The molecule has 0 spiro atoms. The van der Waals surface area contributed by atoms with E-state index >= 15 is 0 Å². The van der Waals surface area contributed by atoms with Gasteiger partial charge in [0.2, 0.25) is 0 Å². The molecule has 4 rings (SSSR count). The van der Waals surface area contributed by atoms with Crippen molar-refractivity contribution in [2.45, 2.75) is 13.8 Å². The van der Waals surface area contributed by atoms with Crippen LogP contribution in [0.15, 0.2) is 76.8 Å². The summed E-state index contributed by atoms with van der Waals surface area (Å²) in [6, 6.07) is 18.8. The number of nitrogens with one attached hydrogen (secondary N) is 1. The highest BCUT2D eigenvalue weighted by Crippen LogP contribution is 2.24. The predicted molar refractivity (Wildman–Crippen MR) is 136 cm³/mol. The van der Waals surface area contributed by atoms with E-state index in [4.69, 9.17) is 9.47 Å². The Hall–Kier alpha value is -3.91. The Morgan fingerprint density at radius 2 is 1.43 bits per heavy atom. The maximum absolute atomic E-state index is 13.0. The van der Waals surface area contributed by atoms with Gasteiger partial charge < -0.3 is 9.47 Å². The van der Waals surface area contributed by atoms with Crippen LogP contribution in [0, 0.1) is 13.8 Å². The third-order valence-corrected chi connectivity index (χ3v) is 5.72. The minimum absolute atomic E-state index is 0.136. The van der Waals surface area contributed by atoms with Crippen LogP contribution in [0.1, 0.15) is 16.7 Å². The molecule has 1 fully saturated rings. The number of hydrogen-bond donors (Lipinski definition) is 1. The van der Waals surface area contributed by atoms with E-state index in [1.54, 1.807) is 48.5 Å². The average molecular weight is 535 g/mol. The predicted octanol–water partition coefficient (Wildman–Crippen LogP) is 5.19. The van der Waals surface area contributed by atoms with Crippen molar-refractivity contribution in [3.05, 3.63) is 93.5 Å². The molecule has 1 N–H and O–H groups in total. The van der Waals surface area contributed by atoms with Gasteiger partial charge in [-0.25, -0.2) is 9.69 Å². The molecule has 0 aromatic heterocycles. The second-order valence-corrected chi connectivity index (χ2v) is 8.94. The SMILES string of the molecule is Cc1cc(C)cc(OCCOc2ccc(C=C3C(=O)NC(=O)N(c4ccc(Br)cc4)C3=O)cc2)c1. The van der Waals surface area contributed by atoms with E-state index in [9.17, 15) is 14.4 Å². The summed E-state index contributed by atoms with van der Waals surface area (Å²) in [5.74, 6) is 0.00331. The molecule has 0 radical (unpaired) electrons. The summed E-state index contributed by atoms with van der Waals surface area (Å²) in [5.41, 5.74) is 3.12. The first-order chi connectivity index (χ1) is 16.8. The smallest absolute Gasteiger partial charge is 0.335 e. The van der Waals surface area contributed by atoms with Gasteiger partial charge in [-0.15, -0.1) is 0 Å². The van der Waals surface area contributed by atoms with Crippen LogP contribution in [-0.2, 0) is 9.59 Å². The fourth-order valence-electron chi connectivity index (χ4n) is 3.64. The van der Waals surface area contributed by atoms with Gasteiger partial charge in [-0.05, 0) is 85.1 Å². The zero-order valence-corrected chi connectivity index (χ0v) is 20.8. The number of aryl methyl sites for hydroxylation is 2. The molecule has 1 aliphatic heterocycles. The van der Waals surface area contributed by atoms with Gasteiger partial charge in [-0.1, -0.05) is 34.1 Å². The summed E-state index contributed by atoms with van der Waals surface area (Å²) in [7, 11) is 0. The number of carbonyl (C=O) groups excluding carboxylic acids is 3. The molecule has 3 aromatic carbocycles. The number of imide groups is 2. The molecule has 1 heterocycles. The average Bonchev–Trinajstić information content (AvgIpc) is 2.81. The van der Waals surface area contributed by atoms with Crippen molar-refractivity contribution in [2.24, 2.45) is 0 Å². The Kier molecular flexibility index (Phi) is 7.31. The van der Waals surface area contributed by atoms with E-state index in [0.29, 0.717) is 30.2 Å². The number of halogens is 1. The fourth-order valence-corrected chi connectivity index (χ4v) is 3.91. The number of rotatable bonds is 7. The topological polar surface area (TPSA) is 84.9 Å². The molecular weight excluding hydrogens is 512 g/mol. The van der Waals surface area contributed by atoms with Crippen LogP contribution in [0.5, 0.6) is 11.5 Å². The van der Waals surface area contributed by atoms with Crippen LogP contribution in [0.25, 0.3) is 6.08 Å². The largest absolute Gasteiger partial charge is 0.490 e. The Morgan fingerprint density at radius 3 is 2.06 bits per heavy atom. The van der Waals surface area contributed by atoms with Gasteiger partial charge in [0.1, 0.15) is 30.3 Å². The molecule has 3 aromatic rings. The normalized spacial score (nSPS) is 14.8. The van der Waals surface area contributed by atoms with Crippen LogP contribution in [0.3, 0.4) is 0 Å². The molecule has 7 nitrogen and oxygen atoms in total. The molecule has 0 saturated carbocycles. The Bertz CT molecular complexity index is 1280. The molecule has 0 atom stereocenters. The zero-order valence-electron chi connectivity index (χ0n) is 19.2. The first-order valence-electron chi connectivity index (χ1n) is 10.9. The summed E-state index contributed by atoms with van der Waals surface area (Å²) < 4.78 is 12.3. The lowest BCUT2D eigenvalue weighted by Gasteiger charge is -2.26. The highest BCUT2D eigenvalue weighted by Gasteiger charge is 2.36. The maximum atomic E-state index is 13.0. The maximum Gasteiger partial charge on any atom is 0.335 e. The highest BCUT2D eigenvalue weighted by atomic mass is 79.9. The summed E-state index contributed by atoms with van der Waals surface area (Å²) in [5, 5.41) is 2.22. The van der Waals surface area contributed by atoms with E-state index in [0.717, 1.165) is 26.2 Å². The number of ether oxygens (including phenoxy) is 2. The quantitative estimate of drug-likeness (QED) is 0.256. The lowest BCUT2D eigenvalue weighted by atomic mass is 10.1. The highest BCUT2D eigenvalue weighted by molar-refractivity contribution is 9.10. The van der Waals surface area contributed by atoms with E-state index in [-0.39, 0.29) is 5.57 Å². The first-order valence-corrected chi connectivity index (χ1v) is 11.7. The Labute approximate surface area is 211 Å². The molecule has 178 valence electrons. The molecule has 1 saturated heterocycles. The van der Waals surface area contributed by atoms with Crippen LogP contribution in [0.2, 0.25) is 0 Å². The van der Waals surface area contributed by atoms with Gasteiger partial charge in [0.15, 0.2) is 0 Å². The molecular formula is C27H23BrN2O5. The Balaban J connectivity index is 1.39. The van der Waals surface area contributed by atoms with Crippen LogP contribution in [0.4, 0.5) is 10.5 Å². The monoisotopic (exact) mass is 534 g/mol. The van der Waals surface area contributed by atoms with Crippen molar-refractivity contribution in [2.75, 3.05) is 18.1 Å². The summed E-state index contributed by atoms with van der Waals surface area (Å²) in [4.78, 5) is 38.6. The molecule has 0 aliphatic carbocycles. The number of carbonyl (C=O) groups is 3. The van der Waals surface area contributed by atoms with Crippen molar-refractivity contribution in [1.82, 2.24) is 5.32 Å². The first kappa shape index (κ1) is 24.2. The van der Waals surface area contributed by atoms with Gasteiger partial charge >= 0.3 is 6.03 Å². The summed E-state index contributed by atoms with van der Waals surface area (Å²) in [6.07, 6.45) is 1.45. The van der Waals surface area contributed by atoms with Crippen LogP contribution < -0.4 is 19.7 Å². The van der Waals surface area contributed by atoms with E-state index in [1.165, 1.54) is 6.08 Å². The number of anilines is 1. The van der Waals surface area contributed by atoms with Gasteiger partial charge in [-0.3, -0.25) is 14.9 Å². The third-order valence-electron chi connectivity index (χ3n) is 5.19. The fraction of sp³-hybridized carbons (Fsp3) is 0.148. The van der Waals surface area contributed by atoms with Crippen LogP contribution in [-0.4, -0.2) is 31.1 Å². The van der Waals surface area contributed by atoms with Crippen LogP contribution >= 0.6 is 15.9 Å². The van der Waals surface area contributed by atoms with Gasteiger partial charge in [0, 0.05) is 4.47 Å². The number of nitrogens with zero attached hydrogens (tertiary/aromatic N) is 1. The van der Waals surface area contributed by atoms with Crippen molar-refractivity contribution in [3.8, 4) is 11.5 Å². The number of hydrogen-bond acceptors (Lipinski definition) is 5. The Morgan fingerprint density at radius 1 is 0.829 bits per heavy atom. The van der Waals surface area contributed by atoms with Crippen molar-refractivity contribution >= 4 is 45.5 Å². The number of barbiturate groups is 1.